The van der Waals surface area contributed by atoms with E-state index in [0.717, 1.165) is 87.7 Å². The first-order valence-electron chi connectivity index (χ1n) is 18.9. The van der Waals surface area contributed by atoms with Gasteiger partial charge in [-0.15, -0.1) is 0 Å². The summed E-state index contributed by atoms with van der Waals surface area (Å²) < 4.78 is 10.5. The summed E-state index contributed by atoms with van der Waals surface area (Å²) in [5, 5.41) is 5.05. The van der Waals surface area contributed by atoms with Gasteiger partial charge in [0.05, 0.1) is 30.2 Å². The Balaban J connectivity index is 1.04. The van der Waals surface area contributed by atoms with Crippen LogP contribution in [0.1, 0.15) is 90.6 Å². The molecule has 2 fully saturated rings. The number of alkyl carbamates (subject to hydrolysis) is 1. The van der Waals surface area contributed by atoms with Crippen molar-refractivity contribution >= 4 is 51.2 Å². The fraction of sp³-hybridized carbons (Fsp3) is 0.452. The van der Waals surface area contributed by atoms with Crippen LogP contribution in [-0.4, -0.2) is 81.5 Å². The molecule has 3 aromatic carbocycles. The highest BCUT2D eigenvalue weighted by Gasteiger charge is 2.39. The molecule has 2 saturated heterocycles. The van der Waals surface area contributed by atoms with Crippen LogP contribution in [0.3, 0.4) is 0 Å². The van der Waals surface area contributed by atoms with Crippen LogP contribution >= 0.6 is 0 Å². The molecule has 7 rings (SSSR count). The van der Waals surface area contributed by atoms with E-state index in [-0.39, 0.29) is 30.0 Å². The van der Waals surface area contributed by atoms with Crippen LogP contribution in [-0.2, 0) is 14.3 Å². The van der Waals surface area contributed by atoms with Crippen molar-refractivity contribution in [1.82, 2.24) is 25.1 Å². The molecule has 0 spiro atoms. The van der Waals surface area contributed by atoms with Gasteiger partial charge in [-0.1, -0.05) is 50.6 Å². The van der Waals surface area contributed by atoms with Crippen LogP contribution < -0.4 is 5.32 Å². The van der Waals surface area contributed by atoms with Crippen LogP contribution in [0.15, 0.2) is 65.8 Å². The fourth-order valence-electron chi connectivity index (χ4n) is 7.83. The van der Waals surface area contributed by atoms with E-state index < -0.39 is 17.7 Å². The quantitative estimate of drug-likeness (QED) is 0.188. The maximum Gasteiger partial charge on any atom is 0.410 e. The second kappa shape index (κ2) is 14.7. The fourth-order valence-corrected chi connectivity index (χ4v) is 7.83. The van der Waals surface area contributed by atoms with Crippen molar-refractivity contribution in [1.29, 1.82) is 0 Å². The molecular weight excluding hydrogens is 668 g/mol. The van der Waals surface area contributed by atoms with Gasteiger partial charge in [-0.2, -0.15) is 0 Å². The van der Waals surface area contributed by atoms with Gasteiger partial charge in [0.15, 0.2) is 0 Å². The average Bonchev–Trinajstić information content (AvgIpc) is 3.97. The largest absolute Gasteiger partial charge is 0.453 e. The van der Waals surface area contributed by atoms with Crippen LogP contribution in [0.2, 0.25) is 0 Å². The van der Waals surface area contributed by atoms with Crippen molar-refractivity contribution in [2.75, 3.05) is 20.2 Å². The van der Waals surface area contributed by atoms with Crippen LogP contribution in [0.4, 0.5) is 9.59 Å². The maximum absolute atomic E-state index is 13.7. The van der Waals surface area contributed by atoms with Gasteiger partial charge in [-0.3, -0.25) is 14.7 Å². The summed E-state index contributed by atoms with van der Waals surface area (Å²) in [6, 6.07) is 18.4. The van der Waals surface area contributed by atoms with Gasteiger partial charge in [-0.25, -0.2) is 14.6 Å². The normalized spacial score (nSPS) is 20.0. The van der Waals surface area contributed by atoms with Gasteiger partial charge in [0, 0.05) is 31.4 Å². The lowest BCUT2D eigenvalue weighted by Crippen LogP contribution is -2.54. The van der Waals surface area contributed by atoms with E-state index in [1.54, 1.807) is 4.90 Å². The molecule has 4 aromatic rings. The van der Waals surface area contributed by atoms with E-state index in [2.05, 4.69) is 58.8 Å². The Morgan fingerprint density at radius 1 is 0.925 bits per heavy atom. The summed E-state index contributed by atoms with van der Waals surface area (Å²) in [4.78, 5) is 55.6. The summed E-state index contributed by atoms with van der Waals surface area (Å²) in [6.07, 6.45) is 6.00. The lowest BCUT2D eigenvalue weighted by molar-refractivity contribution is -0.134. The molecule has 0 saturated carbocycles. The van der Waals surface area contributed by atoms with Gasteiger partial charge < -0.3 is 24.7 Å². The molecular formula is C42H50N6O5. The zero-order valence-corrected chi connectivity index (χ0v) is 31.6. The minimum Gasteiger partial charge on any atom is -0.453 e. The summed E-state index contributed by atoms with van der Waals surface area (Å²) in [7, 11) is 1.32. The molecule has 278 valence electrons. The van der Waals surface area contributed by atoms with Crippen molar-refractivity contribution in [3.8, 4) is 11.1 Å². The number of benzene rings is 3. The first-order valence-corrected chi connectivity index (χ1v) is 18.9. The molecule has 4 heterocycles. The number of carbonyl (C=O) groups excluding carboxylic acids is 3. The number of nitrogens with one attached hydrogen (secondary N) is 2. The topological polar surface area (TPSA) is 129 Å². The molecule has 53 heavy (non-hydrogen) atoms. The SMILES string of the molecule is CC[C@H](C)[C@H](NC(=O)OC)C(=O)N1CCC[C@H]1C1=NC=C(c2ccc3cc(-c4ccc5nc(C6CCCN6C(=O)OC(C)(C)C)[nH]c5c4)ccc3c2)C1. The van der Waals surface area contributed by atoms with E-state index in [0.29, 0.717) is 19.5 Å². The van der Waals surface area contributed by atoms with Crippen molar-refractivity contribution in [3.63, 3.8) is 0 Å². The molecule has 11 nitrogen and oxygen atoms in total. The number of rotatable bonds is 8. The number of nitrogens with zero attached hydrogens (tertiary/aromatic N) is 4. The summed E-state index contributed by atoms with van der Waals surface area (Å²) in [5.41, 5.74) is 6.68. The highest BCUT2D eigenvalue weighted by Crippen LogP contribution is 2.36. The lowest BCUT2D eigenvalue weighted by atomic mass is 9.94. The van der Waals surface area contributed by atoms with Crippen molar-refractivity contribution < 1.29 is 23.9 Å². The Hall–Kier alpha value is -5.19. The molecule has 3 amide bonds. The number of allylic oxidation sites excluding steroid dienone is 1. The number of amides is 3. The number of hydrogen-bond acceptors (Lipinski definition) is 7. The lowest BCUT2D eigenvalue weighted by Gasteiger charge is -2.31. The molecule has 11 heteroatoms. The highest BCUT2D eigenvalue weighted by molar-refractivity contribution is 6.04. The van der Waals surface area contributed by atoms with E-state index in [1.807, 2.05) is 51.8 Å². The molecule has 1 unspecified atom stereocenters. The molecule has 3 aliphatic rings. The predicted molar refractivity (Wildman–Crippen MR) is 207 cm³/mol. The van der Waals surface area contributed by atoms with Crippen LogP contribution in [0, 0.1) is 5.92 Å². The molecule has 0 aliphatic carbocycles. The zero-order valence-electron chi connectivity index (χ0n) is 31.6. The minimum absolute atomic E-state index is 0.0262. The number of aliphatic imine (C=N–C) groups is 1. The van der Waals surface area contributed by atoms with Gasteiger partial charge in [0.25, 0.3) is 0 Å². The maximum atomic E-state index is 13.7. The molecule has 3 aliphatic heterocycles. The number of imidazole rings is 1. The van der Waals surface area contributed by atoms with Gasteiger partial charge in [0.2, 0.25) is 5.91 Å². The Morgan fingerprint density at radius 3 is 2.30 bits per heavy atom. The number of ether oxygens (including phenoxy) is 2. The third-order valence-electron chi connectivity index (χ3n) is 10.9. The van der Waals surface area contributed by atoms with Crippen molar-refractivity contribution in [2.24, 2.45) is 10.9 Å². The number of aromatic nitrogens is 2. The summed E-state index contributed by atoms with van der Waals surface area (Å²) in [5.74, 6) is 0.690. The number of methoxy groups -OCH3 is 1. The highest BCUT2D eigenvalue weighted by atomic mass is 16.6. The number of likely N-dealkylation sites (tertiary alicyclic amines) is 2. The van der Waals surface area contributed by atoms with Gasteiger partial charge in [-0.05, 0) is 110 Å². The molecule has 2 N–H and O–H groups in total. The Morgan fingerprint density at radius 2 is 1.58 bits per heavy atom. The third kappa shape index (κ3) is 7.52. The van der Waals surface area contributed by atoms with E-state index in [1.165, 1.54) is 7.11 Å². The molecule has 1 aromatic heterocycles. The smallest absolute Gasteiger partial charge is 0.410 e. The second-order valence-corrected chi connectivity index (χ2v) is 15.6. The molecule has 4 atom stereocenters. The monoisotopic (exact) mass is 718 g/mol. The van der Waals surface area contributed by atoms with Gasteiger partial charge >= 0.3 is 12.2 Å². The van der Waals surface area contributed by atoms with E-state index >= 15 is 0 Å². The first kappa shape index (κ1) is 36.2. The minimum atomic E-state index is -0.638. The zero-order chi connectivity index (χ0) is 37.4. The summed E-state index contributed by atoms with van der Waals surface area (Å²) >= 11 is 0. The first-order chi connectivity index (χ1) is 25.4. The average molecular weight is 719 g/mol. The second-order valence-electron chi connectivity index (χ2n) is 15.6. The Bertz CT molecular complexity index is 2110. The number of fused-ring (bicyclic) bond motifs is 2. The van der Waals surface area contributed by atoms with E-state index in [4.69, 9.17) is 19.5 Å². The molecule has 0 bridgehead atoms. The molecule has 0 radical (unpaired) electrons. The van der Waals surface area contributed by atoms with Crippen LogP contribution in [0.25, 0.3) is 38.5 Å². The van der Waals surface area contributed by atoms with E-state index in [9.17, 15) is 14.4 Å². The number of H-pyrrole nitrogens is 1. The Labute approximate surface area is 310 Å². The van der Waals surface area contributed by atoms with Crippen molar-refractivity contribution in [3.05, 3.63) is 72.2 Å². The standard InChI is InChI=1S/C42H50N6O5/c1-7-25(2)37(46-40(50)52-6)39(49)47-18-8-10-35(47)34-23-31(24-43-34)29-15-14-26-20-28(13-12-27(26)21-29)30-16-17-32-33(22-30)45-38(44-32)36-11-9-19-48(36)41(51)53-42(3,4)5/h12-17,20-22,24-25,35-37H,7-11,18-19,23H2,1-6H3,(H,44,45)(H,46,50)/t25-,35-,36?,37-/m0/s1. The number of hydrogen-bond donors (Lipinski definition) is 2. The Kier molecular flexibility index (Phi) is 10.0. The summed E-state index contributed by atoms with van der Waals surface area (Å²) in [6.45, 7) is 11.0. The number of carbonyl (C=O) groups is 3. The number of aromatic amines is 1. The van der Waals surface area contributed by atoms with Crippen molar-refractivity contribution in [2.45, 2.75) is 96.9 Å². The van der Waals surface area contributed by atoms with Gasteiger partial charge in [0.1, 0.15) is 17.5 Å². The van der Waals surface area contributed by atoms with Crippen LogP contribution in [0.5, 0.6) is 0 Å². The third-order valence-corrected chi connectivity index (χ3v) is 10.9. The predicted octanol–water partition coefficient (Wildman–Crippen LogP) is 8.40.